The van der Waals surface area contributed by atoms with Gasteiger partial charge in [0.2, 0.25) is 5.95 Å². The van der Waals surface area contributed by atoms with Crippen molar-refractivity contribution in [2.24, 2.45) is 0 Å². The summed E-state index contributed by atoms with van der Waals surface area (Å²) in [5, 5.41) is 16.5. The van der Waals surface area contributed by atoms with E-state index >= 15 is 0 Å². The number of nitrogens with one attached hydrogen (secondary N) is 3. The summed E-state index contributed by atoms with van der Waals surface area (Å²) in [7, 11) is 1.60. The molecule has 3 aromatic heterocycles. The van der Waals surface area contributed by atoms with Crippen LogP contribution in [0.1, 0.15) is 29.8 Å². The number of pyridine rings is 1. The fraction of sp³-hybridized carbons (Fsp3) is 0.250. The second-order valence-electron chi connectivity index (χ2n) is 8.04. The first-order chi connectivity index (χ1) is 16.1. The summed E-state index contributed by atoms with van der Waals surface area (Å²) < 4.78 is 6.01. The quantitative estimate of drug-likeness (QED) is 0.359. The summed E-state index contributed by atoms with van der Waals surface area (Å²) in [6, 6.07) is 13.0. The van der Waals surface area contributed by atoms with Crippen LogP contribution in [0.15, 0.2) is 54.9 Å². The van der Waals surface area contributed by atoms with Gasteiger partial charge in [0.1, 0.15) is 17.5 Å². The lowest BCUT2D eigenvalue weighted by Gasteiger charge is -2.13. The van der Waals surface area contributed by atoms with Crippen LogP contribution in [0.25, 0.3) is 22.3 Å². The molecule has 0 saturated heterocycles. The Kier molecular flexibility index (Phi) is 5.62. The van der Waals surface area contributed by atoms with Crippen LogP contribution >= 0.6 is 0 Å². The minimum absolute atomic E-state index is 0.0182. The third kappa shape index (κ3) is 4.63. The standard InChI is InChI=1S/C24H24N6O3/c1-25-23(32)22-10-14-2-3-15(11-20(14)29-22)28-24-27-9-7-19(30-24)21-13-18(6-8-26-21)33-17-5-4-16(31)12-17/h2-3,6-11,13,16-17,29,31H,4-5,12H2,1H3,(H,25,32)(H,27,28,30). The van der Waals surface area contributed by atoms with Crippen LogP contribution in [0, 0.1) is 0 Å². The monoisotopic (exact) mass is 444 g/mol. The Bertz CT molecular complexity index is 1300. The number of fused-ring (bicyclic) bond motifs is 1. The highest BCUT2D eigenvalue weighted by atomic mass is 16.5. The Balaban J connectivity index is 1.34. The molecule has 4 aromatic rings. The van der Waals surface area contributed by atoms with E-state index in [2.05, 4.69) is 30.6 Å². The highest BCUT2D eigenvalue weighted by Crippen LogP contribution is 2.27. The van der Waals surface area contributed by atoms with E-state index in [1.165, 1.54) is 0 Å². The lowest BCUT2D eigenvalue weighted by Crippen LogP contribution is -2.17. The first-order valence-electron chi connectivity index (χ1n) is 10.8. The molecule has 5 rings (SSSR count). The van der Waals surface area contributed by atoms with Crippen molar-refractivity contribution in [3.63, 3.8) is 0 Å². The van der Waals surface area contributed by atoms with Gasteiger partial charge < -0.3 is 25.5 Å². The van der Waals surface area contributed by atoms with Gasteiger partial charge in [0.25, 0.3) is 5.91 Å². The summed E-state index contributed by atoms with van der Waals surface area (Å²) >= 11 is 0. The third-order valence-corrected chi connectivity index (χ3v) is 5.66. The normalized spacial score (nSPS) is 17.8. The van der Waals surface area contributed by atoms with Gasteiger partial charge in [-0.3, -0.25) is 9.78 Å². The lowest BCUT2D eigenvalue weighted by molar-refractivity contribution is 0.0959. The summed E-state index contributed by atoms with van der Waals surface area (Å²) in [5.41, 5.74) is 3.45. The second kappa shape index (κ2) is 8.87. The third-order valence-electron chi connectivity index (χ3n) is 5.66. The molecule has 0 bridgehead atoms. The number of amides is 1. The van der Waals surface area contributed by atoms with E-state index in [4.69, 9.17) is 4.74 Å². The van der Waals surface area contributed by atoms with Gasteiger partial charge in [-0.15, -0.1) is 0 Å². The predicted molar refractivity (Wildman–Crippen MR) is 125 cm³/mol. The number of hydrogen-bond donors (Lipinski definition) is 4. The van der Waals surface area contributed by atoms with Gasteiger partial charge in [-0.1, -0.05) is 6.07 Å². The van der Waals surface area contributed by atoms with Crippen LogP contribution in [0.3, 0.4) is 0 Å². The molecular weight excluding hydrogens is 420 g/mol. The van der Waals surface area contributed by atoms with Crippen LogP contribution in [-0.4, -0.2) is 50.2 Å². The number of carbonyl (C=O) groups excluding carboxylic acids is 1. The van der Waals surface area contributed by atoms with Crippen molar-refractivity contribution in [2.75, 3.05) is 12.4 Å². The number of carbonyl (C=O) groups is 1. The van der Waals surface area contributed by atoms with Gasteiger partial charge in [0, 0.05) is 48.5 Å². The predicted octanol–water partition coefficient (Wildman–Crippen LogP) is 3.42. The summed E-state index contributed by atoms with van der Waals surface area (Å²) in [6.07, 6.45) is 5.35. The van der Waals surface area contributed by atoms with Crippen LogP contribution in [0.5, 0.6) is 5.75 Å². The zero-order chi connectivity index (χ0) is 22.8. The minimum atomic E-state index is -0.285. The van der Waals surface area contributed by atoms with Gasteiger partial charge in [-0.25, -0.2) is 9.97 Å². The molecule has 4 N–H and O–H groups in total. The lowest BCUT2D eigenvalue weighted by atomic mass is 10.2. The average Bonchev–Trinajstić information content (AvgIpc) is 3.44. The van der Waals surface area contributed by atoms with Crippen molar-refractivity contribution in [1.29, 1.82) is 0 Å². The van der Waals surface area contributed by atoms with Gasteiger partial charge in [-0.05, 0) is 43.2 Å². The van der Waals surface area contributed by atoms with Crippen molar-refractivity contribution in [2.45, 2.75) is 31.5 Å². The van der Waals surface area contributed by atoms with E-state index < -0.39 is 0 Å². The Morgan fingerprint density at radius 3 is 2.79 bits per heavy atom. The summed E-state index contributed by atoms with van der Waals surface area (Å²) in [5.74, 6) is 0.966. The topological polar surface area (TPSA) is 125 Å². The Morgan fingerprint density at radius 1 is 1.09 bits per heavy atom. The number of hydrogen-bond acceptors (Lipinski definition) is 7. The number of anilines is 2. The maximum Gasteiger partial charge on any atom is 0.267 e. The van der Waals surface area contributed by atoms with Gasteiger partial charge >= 0.3 is 0 Å². The van der Waals surface area contributed by atoms with Crippen molar-refractivity contribution in [1.82, 2.24) is 25.3 Å². The molecule has 1 fully saturated rings. The second-order valence-corrected chi connectivity index (χ2v) is 8.04. The Labute approximate surface area is 190 Å². The van der Waals surface area contributed by atoms with Crippen LogP contribution in [0.2, 0.25) is 0 Å². The number of ether oxygens (including phenoxy) is 1. The number of H-pyrrole nitrogens is 1. The number of aromatic nitrogens is 4. The largest absolute Gasteiger partial charge is 0.490 e. The van der Waals surface area contributed by atoms with E-state index in [0.717, 1.165) is 29.4 Å². The number of nitrogens with zero attached hydrogens (tertiary/aromatic N) is 3. The first kappa shape index (κ1) is 20.9. The summed E-state index contributed by atoms with van der Waals surface area (Å²) in [6.45, 7) is 0. The fourth-order valence-corrected chi connectivity index (χ4v) is 3.99. The zero-order valence-corrected chi connectivity index (χ0v) is 18.1. The molecule has 1 saturated carbocycles. The van der Waals surface area contributed by atoms with E-state index in [1.807, 2.05) is 36.4 Å². The van der Waals surface area contributed by atoms with Gasteiger partial charge in [0.05, 0.1) is 17.5 Å². The molecule has 1 aliphatic rings. The molecule has 2 unspecified atom stereocenters. The van der Waals surface area contributed by atoms with Crippen molar-refractivity contribution >= 4 is 28.4 Å². The molecule has 168 valence electrons. The number of benzene rings is 1. The maximum atomic E-state index is 11.9. The molecule has 0 aliphatic heterocycles. The van der Waals surface area contributed by atoms with E-state index in [-0.39, 0.29) is 18.1 Å². The van der Waals surface area contributed by atoms with Gasteiger partial charge in [0.15, 0.2) is 0 Å². The van der Waals surface area contributed by atoms with E-state index in [0.29, 0.717) is 35.2 Å². The van der Waals surface area contributed by atoms with Crippen molar-refractivity contribution in [3.8, 4) is 17.1 Å². The molecule has 3 heterocycles. The van der Waals surface area contributed by atoms with Crippen molar-refractivity contribution < 1.29 is 14.6 Å². The Hall–Kier alpha value is -3.98. The highest BCUT2D eigenvalue weighted by Gasteiger charge is 2.24. The molecule has 0 spiro atoms. The SMILES string of the molecule is CNC(=O)c1cc2ccc(Nc3nccc(-c4cc(OC5CCC(O)C5)ccn4)n3)cc2[nH]1. The smallest absolute Gasteiger partial charge is 0.267 e. The van der Waals surface area contributed by atoms with Crippen molar-refractivity contribution in [3.05, 3.63) is 60.6 Å². The molecule has 9 heteroatoms. The Morgan fingerprint density at radius 2 is 1.97 bits per heavy atom. The number of aromatic amines is 1. The van der Waals surface area contributed by atoms with Crippen LogP contribution in [-0.2, 0) is 0 Å². The number of rotatable bonds is 6. The average molecular weight is 444 g/mol. The van der Waals surface area contributed by atoms with E-state index in [9.17, 15) is 9.90 Å². The molecule has 9 nitrogen and oxygen atoms in total. The summed E-state index contributed by atoms with van der Waals surface area (Å²) in [4.78, 5) is 28.3. The molecule has 33 heavy (non-hydrogen) atoms. The molecular formula is C24H24N6O3. The molecule has 1 aromatic carbocycles. The highest BCUT2D eigenvalue weighted by molar-refractivity contribution is 5.98. The molecule has 1 amide bonds. The maximum absolute atomic E-state index is 11.9. The zero-order valence-electron chi connectivity index (χ0n) is 18.1. The van der Waals surface area contributed by atoms with Crippen LogP contribution < -0.4 is 15.4 Å². The van der Waals surface area contributed by atoms with Crippen LogP contribution in [0.4, 0.5) is 11.6 Å². The minimum Gasteiger partial charge on any atom is -0.490 e. The molecule has 0 radical (unpaired) electrons. The molecule has 1 aliphatic carbocycles. The number of aliphatic hydroxyl groups excluding tert-OH is 1. The first-order valence-corrected chi connectivity index (χ1v) is 10.8. The van der Waals surface area contributed by atoms with Gasteiger partial charge in [-0.2, -0.15) is 0 Å². The number of aliphatic hydroxyl groups is 1. The molecule has 2 atom stereocenters. The van der Waals surface area contributed by atoms with E-state index in [1.54, 1.807) is 25.5 Å². The fourth-order valence-electron chi connectivity index (χ4n) is 3.99.